The van der Waals surface area contributed by atoms with Crippen LogP contribution in [-0.2, 0) is 21.5 Å². The molecule has 1 fully saturated rings. The van der Waals surface area contributed by atoms with E-state index in [1.54, 1.807) is 4.68 Å². The van der Waals surface area contributed by atoms with E-state index in [1.807, 2.05) is 37.4 Å². The Labute approximate surface area is 177 Å². The topological polar surface area (TPSA) is 96.3 Å². The van der Waals surface area contributed by atoms with Crippen LogP contribution in [0.2, 0.25) is 0 Å². The molecular weight excluding hydrogens is 380 g/mol. The van der Waals surface area contributed by atoms with Gasteiger partial charge in [-0.15, -0.1) is 0 Å². The van der Waals surface area contributed by atoms with Crippen molar-refractivity contribution in [3.05, 3.63) is 53.9 Å². The Morgan fingerprint density at radius 3 is 2.60 bits per heavy atom. The third-order valence-electron chi connectivity index (χ3n) is 6.06. The number of carbonyl (C=O) groups is 2. The predicted molar refractivity (Wildman–Crippen MR) is 115 cm³/mol. The first kappa shape index (κ1) is 22.0. The summed E-state index contributed by atoms with van der Waals surface area (Å²) in [4.78, 5) is 24.1. The van der Waals surface area contributed by atoms with Crippen LogP contribution in [0.4, 0.5) is 0 Å². The summed E-state index contributed by atoms with van der Waals surface area (Å²) in [6, 6.07) is 11.8. The number of aliphatic hydroxyl groups excluding tert-OH is 1. The molecule has 30 heavy (non-hydrogen) atoms. The quantitative estimate of drug-likeness (QED) is 0.607. The van der Waals surface area contributed by atoms with Gasteiger partial charge in [-0.05, 0) is 44.2 Å². The molecule has 0 radical (unpaired) electrons. The van der Waals surface area contributed by atoms with E-state index in [0.29, 0.717) is 32.4 Å². The van der Waals surface area contributed by atoms with Crippen LogP contribution in [0.25, 0.3) is 0 Å². The van der Waals surface area contributed by atoms with Gasteiger partial charge in [-0.25, -0.2) is 0 Å². The number of aliphatic hydroxyl groups is 1. The first-order valence-corrected chi connectivity index (χ1v) is 10.7. The van der Waals surface area contributed by atoms with E-state index in [9.17, 15) is 14.7 Å². The lowest BCUT2D eigenvalue weighted by Gasteiger charge is -2.34. The molecule has 2 aromatic rings. The molecule has 3 atom stereocenters. The molecule has 3 N–H and O–H groups in total. The monoisotopic (exact) mass is 412 g/mol. The third kappa shape index (κ3) is 5.69. The molecule has 1 aliphatic rings. The van der Waals surface area contributed by atoms with Gasteiger partial charge in [0.05, 0.1) is 17.8 Å². The Kier molecular flexibility index (Phi) is 7.26. The van der Waals surface area contributed by atoms with Crippen LogP contribution >= 0.6 is 0 Å². The lowest BCUT2D eigenvalue weighted by atomic mass is 9.74. The molecule has 0 spiro atoms. The number of aryl methyl sites for hydroxylation is 2. The Morgan fingerprint density at radius 2 is 1.93 bits per heavy atom. The highest BCUT2D eigenvalue weighted by Crippen LogP contribution is 2.38. The average molecular weight is 413 g/mol. The van der Waals surface area contributed by atoms with Crippen molar-refractivity contribution >= 4 is 11.8 Å². The van der Waals surface area contributed by atoms with Crippen molar-refractivity contribution in [1.82, 2.24) is 20.4 Å². The lowest BCUT2D eigenvalue weighted by Crippen LogP contribution is -2.42. The van der Waals surface area contributed by atoms with Gasteiger partial charge in [-0.2, -0.15) is 5.10 Å². The van der Waals surface area contributed by atoms with Gasteiger partial charge < -0.3 is 15.7 Å². The van der Waals surface area contributed by atoms with Crippen molar-refractivity contribution in [3.8, 4) is 0 Å². The average Bonchev–Trinajstić information content (AvgIpc) is 3.09. The highest BCUT2D eigenvalue weighted by Gasteiger charge is 2.38. The maximum absolute atomic E-state index is 12.5. The molecule has 1 heterocycles. The summed E-state index contributed by atoms with van der Waals surface area (Å²) < 4.78 is 1.78. The summed E-state index contributed by atoms with van der Waals surface area (Å²) in [5, 5.41) is 20.9. The third-order valence-corrected chi connectivity index (χ3v) is 6.06. The molecule has 162 valence electrons. The fraction of sp³-hybridized carbons (Fsp3) is 0.522. The first-order valence-electron chi connectivity index (χ1n) is 10.7. The smallest absolute Gasteiger partial charge is 0.221 e. The molecule has 0 aliphatic heterocycles. The van der Waals surface area contributed by atoms with Gasteiger partial charge in [0.2, 0.25) is 11.8 Å². The number of amides is 2. The summed E-state index contributed by atoms with van der Waals surface area (Å²) in [6.45, 7) is 4.45. The highest BCUT2D eigenvalue weighted by molar-refractivity contribution is 5.76. The van der Waals surface area contributed by atoms with E-state index in [2.05, 4.69) is 27.9 Å². The number of hydrogen-bond donors (Lipinski definition) is 3. The van der Waals surface area contributed by atoms with Gasteiger partial charge in [-0.1, -0.05) is 30.3 Å². The summed E-state index contributed by atoms with van der Waals surface area (Å²) in [5.74, 6) is -0.143. The fourth-order valence-corrected chi connectivity index (χ4v) is 4.32. The SMILES string of the molecule is CC(=O)N[C@H]1CC[C@](CNC(=O)CCn2ccc(C)n2)(c2ccccc2)CC[C@@H]1O. The molecule has 3 rings (SSSR count). The molecule has 1 aromatic carbocycles. The van der Waals surface area contributed by atoms with Crippen LogP contribution in [0.15, 0.2) is 42.6 Å². The highest BCUT2D eigenvalue weighted by atomic mass is 16.3. The van der Waals surface area contributed by atoms with Crippen molar-refractivity contribution in [2.24, 2.45) is 0 Å². The number of hydrogen-bond acceptors (Lipinski definition) is 4. The molecule has 7 heteroatoms. The Bertz CT molecular complexity index is 851. The number of nitrogens with zero attached hydrogens (tertiary/aromatic N) is 2. The van der Waals surface area contributed by atoms with Crippen LogP contribution in [0.1, 0.15) is 50.3 Å². The van der Waals surface area contributed by atoms with Crippen LogP contribution in [-0.4, -0.2) is 45.4 Å². The number of rotatable bonds is 7. The van der Waals surface area contributed by atoms with E-state index < -0.39 is 6.10 Å². The van der Waals surface area contributed by atoms with Gasteiger partial charge in [-0.3, -0.25) is 14.3 Å². The zero-order chi connectivity index (χ0) is 21.6. The predicted octanol–water partition coefficient (Wildman–Crippen LogP) is 2.08. The minimum absolute atomic E-state index is 0.0123. The van der Waals surface area contributed by atoms with E-state index in [-0.39, 0.29) is 23.3 Å². The van der Waals surface area contributed by atoms with Gasteiger partial charge in [0.15, 0.2) is 0 Å². The van der Waals surface area contributed by atoms with Crippen LogP contribution in [0.5, 0.6) is 0 Å². The maximum Gasteiger partial charge on any atom is 0.221 e. The van der Waals surface area contributed by atoms with Crippen molar-refractivity contribution in [2.45, 2.75) is 70.1 Å². The molecule has 7 nitrogen and oxygen atoms in total. The summed E-state index contributed by atoms with van der Waals surface area (Å²) >= 11 is 0. The van der Waals surface area contributed by atoms with Crippen LogP contribution in [0, 0.1) is 6.92 Å². The molecule has 0 unspecified atom stereocenters. The molecule has 1 saturated carbocycles. The van der Waals surface area contributed by atoms with E-state index in [0.717, 1.165) is 24.1 Å². The van der Waals surface area contributed by atoms with Gasteiger partial charge in [0.1, 0.15) is 0 Å². The summed E-state index contributed by atoms with van der Waals surface area (Å²) in [6.07, 6.45) is 4.41. The molecule has 1 aliphatic carbocycles. The molecular formula is C23H32N4O3. The van der Waals surface area contributed by atoms with Crippen molar-refractivity contribution in [3.63, 3.8) is 0 Å². The van der Waals surface area contributed by atoms with Crippen LogP contribution < -0.4 is 10.6 Å². The van der Waals surface area contributed by atoms with Crippen molar-refractivity contribution < 1.29 is 14.7 Å². The van der Waals surface area contributed by atoms with Gasteiger partial charge in [0.25, 0.3) is 0 Å². The lowest BCUT2D eigenvalue weighted by molar-refractivity contribution is -0.122. The molecule has 2 amide bonds. The fourth-order valence-electron chi connectivity index (χ4n) is 4.32. The largest absolute Gasteiger partial charge is 0.391 e. The van der Waals surface area contributed by atoms with Crippen molar-refractivity contribution in [1.29, 1.82) is 0 Å². The van der Waals surface area contributed by atoms with Gasteiger partial charge in [0, 0.05) is 38.0 Å². The zero-order valence-corrected chi connectivity index (χ0v) is 17.8. The number of nitrogens with one attached hydrogen (secondary N) is 2. The number of aromatic nitrogens is 2. The van der Waals surface area contributed by atoms with Crippen LogP contribution in [0.3, 0.4) is 0 Å². The molecule has 0 saturated heterocycles. The Balaban J connectivity index is 1.68. The maximum atomic E-state index is 12.5. The van der Waals surface area contributed by atoms with E-state index >= 15 is 0 Å². The standard InChI is InChI=1S/C23H32N4O3/c1-17-10-14-27(26-17)15-11-22(30)24-16-23(19-6-4-3-5-7-19)12-8-20(25-18(2)28)21(29)9-13-23/h3-7,10,14,20-21,29H,8-9,11-13,15-16H2,1-2H3,(H,24,30)(H,25,28)/t20-,21-,23-/m0/s1. The van der Waals surface area contributed by atoms with Crippen molar-refractivity contribution in [2.75, 3.05) is 6.54 Å². The minimum atomic E-state index is -0.585. The Hall–Kier alpha value is -2.67. The number of carbonyl (C=O) groups excluding carboxylic acids is 2. The summed E-state index contributed by atoms with van der Waals surface area (Å²) in [5.41, 5.74) is 1.82. The zero-order valence-electron chi connectivity index (χ0n) is 17.8. The molecule has 0 bridgehead atoms. The Morgan fingerprint density at radius 1 is 1.20 bits per heavy atom. The van der Waals surface area contributed by atoms with E-state index in [4.69, 9.17) is 0 Å². The molecule has 1 aromatic heterocycles. The second kappa shape index (κ2) is 9.89. The number of benzene rings is 1. The second-order valence-corrected chi connectivity index (χ2v) is 8.34. The first-order chi connectivity index (χ1) is 14.4. The summed E-state index contributed by atoms with van der Waals surface area (Å²) in [7, 11) is 0. The second-order valence-electron chi connectivity index (χ2n) is 8.34. The van der Waals surface area contributed by atoms with Gasteiger partial charge >= 0.3 is 0 Å². The van der Waals surface area contributed by atoms with E-state index in [1.165, 1.54) is 6.92 Å². The minimum Gasteiger partial charge on any atom is -0.391 e. The normalized spacial score (nSPS) is 24.1.